The molecule has 1 aliphatic heterocycles. The Hall–Kier alpha value is -2.52. The average molecular weight is 347 g/mol. The summed E-state index contributed by atoms with van der Waals surface area (Å²) >= 11 is 0. The van der Waals surface area contributed by atoms with Gasteiger partial charge in [0, 0.05) is 12.0 Å². The summed E-state index contributed by atoms with van der Waals surface area (Å²) in [4.78, 5) is 0. The van der Waals surface area contributed by atoms with Gasteiger partial charge in [0.15, 0.2) is 11.5 Å². The highest BCUT2D eigenvalue weighted by Gasteiger charge is 2.28. The first-order valence-electron chi connectivity index (χ1n) is 9.18. The first kappa shape index (κ1) is 16.9. The van der Waals surface area contributed by atoms with Crippen molar-refractivity contribution in [2.75, 3.05) is 20.8 Å². The Morgan fingerprint density at radius 1 is 0.962 bits per heavy atom. The van der Waals surface area contributed by atoms with Gasteiger partial charge in [0.2, 0.25) is 0 Å². The minimum Gasteiger partial charge on any atom is -0.493 e. The number of hydrogen-bond acceptors (Lipinski definition) is 3. The Labute approximate surface area is 154 Å². The van der Waals surface area contributed by atoms with Crippen molar-refractivity contribution < 1.29 is 9.47 Å². The number of hydrogen-bond donors (Lipinski definition) is 1. The van der Waals surface area contributed by atoms with Crippen LogP contribution < -0.4 is 14.8 Å². The number of fused-ring (bicyclic) bond motifs is 2. The molecule has 0 fully saturated rings. The predicted molar refractivity (Wildman–Crippen MR) is 106 cm³/mol. The van der Waals surface area contributed by atoms with Crippen molar-refractivity contribution in [1.82, 2.24) is 5.32 Å². The number of benzene rings is 3. The molecule has 3 nitrogen and oxygen atoms in total. The molecule has 1 heterocycles. The summed E-state index contributed by atoms with van der Waals surface area (Å²) in [5.74, 6) is 1.95. The van der Waals surface area contributed by atoms with Gasteiger partial charge >= 0.3 is 0 Å². The van der Waals surface area contributed by atoms with Gasteiger partial charge < -0.3 is 14.8 Å². The van der Waals surface area contributed by atoms with Crippen molar-refractivity contribution in [3.05, 3.63) is 71.3 Å². The Bertz CT molecular complexity index is 929. The van der Waals surface area contributed by atoms with Crippen LogP contribution in [0.4, 0.5) is 0 Å². The molecule has 0 aliphatic carbocycles. The standard InChI is InChI=1S/C23H25NO2/c1-15(18-10-6-8-16-7-4-5-9-19(16)18)23-20-14-22(26-3)21(25-2)13-17(20)11-12-24-23/h4-10,13-15,23-24H,11-12H2,1-3H3/t15?,23-/m1/s1. The normalized spacial score (nSPS) is 17.6. The smallest absolute Gasteiger partial charge is 0.161 e. The second-order valence-electron chi connectivity index (χ2n) is 6.94. The van der Waals surface area contributed by atoms with Gasteiger partial charge in [0.1, 0.15) is 0 Å². The summed E-state index contributed by atoms with van der Waals surface area (Å²) in [5.41, 5.74) is 4.04. The fourth-order valence-electron chi connectivity index (χ4n) is 4.19. The third kappa shape index (κ3) is 2.82. The van der Waals surface area contributed by atoms with Crippen LogP contribution in [-0.2, 0) is 6.42 Å². The zero-order chi connectivity index (χ0) is 18.1. The summed E-state index contributed by atoms with van der Waals surface area (Å²) in [6, 6.07) is 19.8. The Balaban J connectivity index is 1.80. The van der Waals surface area contributed by atoms with E-state index in [4.69, 9.17) is 9.47 Å². The van der Waals surface area contributed by atoms with E-state index < -0.39 is 0 Å². The molecule has 3 aromatic carbocycles. The van der Waals surface area contributed by atoms with Crippen molar-refractivity contribution in [2.24, 2.45) is 0 Å². The van der Waals surface area contributed by atoms with Gasteiger partial charge in [0.05, 0.1) is 14.2 Å². The number of methoxy groups -OCH3 is 2. The molecule has 0 spiro atoms. The summed E-state index contributed by atoms with van der Waals surface area (Å²) in [6.45, 7) is 3.29. The zero-order valence-electron chi connectivity index (χ0n) is 15.6. The van der Waals surface area contributed by atoms with Gasteiger partial charge in [-0.25, -0.2) is 0 Å². The van der Waals surface area contributed by atoms with E-state index in [1.54, 1.807) is 14.2 Å². The van der Waals surface area contributed by atoms with Crippen LogP contribution in [0, 0.1) is 0 Å². The van der Waals surface area contributed by atoms with Crippen LogP contribution in [0.1, 0.15) is 35.6 Å². The number of ether oxygens (including phenoxy) is 2. The van der Waals surface area contributed by atoms with E-state index in [2.05, 4.69) is 66.8 Å². The molecule has 134 valence electrons. The lowest BCUT2D eigenvalue weighted by atomic mass is 9.82. The molecule has 0 saturated heterocycles. The molecular formula is C23H25NO2. The second-order valence-corrected chi connectivity index (χ2v) is 6.94. The van der Waals surface area contributed by atoms with E-state index in [9.17, 15) is 0 Å². The van der Waals surface area contributed by atoms with E-state index in [0.717, 1.165) is 24.5 Å². The second kappa shape index (κ2) is 7.00. The van der Waals surface area contributed by atoms with Crippen LogP contribution in [-0.4, -0.2) is 20.8 Å². The Morgan fingerprint density at radius 3 is 2.50 bits per heavy atom. The maximum absolute atomic E-state index is 5.55. The minimum absolute atomic E-state index is 0.254. The van der Waals surface area contributed by atoms with Gasteiger partial charge in [0.25, 0.3) is 0 Å². The molecule has 0 amide bonds. The molecule has 4 rings (SSSR count). The largest absolute Gasteiger partial charge is 0.493 e. The molecule has 0 radical (unpaired) electrons. The molecule has 3 heteroatoms. The van der Waals surface area contributed by atoms with E-state index in [1.165, 1.54) is 27.5 Å². The highest BCUT2D eigenvalue weighted by atomic mass is 16.5. The van der Waals surface area contributed by atoms with Gasteiger partial charge in [-0.3, -0.25) is 0 Å². The molecule has 0 aromatic heterocycles. The maximum Gasteiger partial charge on any atom is 0.161 e. The van der Waals surface area contributed by atoms with E-state index in [0.29, 0.717) is 5.92 Å². The maximum atomic E-state index is 5.55. The van der Waals surface area contributed by atoms with E-state index in [-0.39, 0.29) is 6.04 Å². The third-order valence-corrected chi connectivity index (χ3v) is 5.55. The summed E-state index contributed by atoms with van der Waals surface area (Å²) in [7, 11) is 3.39. The van der Waals surface area contributed by atoms with Crippen molar-refractivity contribution in [3.63, 3.8) is 0 Å². The van der Waals surface area contributed by atoms with Gasteiger partial charge in [-0.05, 0) is 52.6 Å². The molecule has 2 atom stereocenters. The van der Waals surface area contributed by atoms with Crippen molar-refractivity contribution in [2.45, 2.75) is 25.3 Å². The molecule has 0 saturated carbocycles. The van der Waals surface area contributed by atoms with Gasteiger partial charge in [-0.1, -0.05) is 49.4 Å². The fraction of sp³-hybridized carbons (Fsp3) is 0.304. The van der Waals surface area contributed by atoms with Crippen molar-refractivity contribution in [3.8, 4) is 11.5 Å². The zero-order valence-corrected chi connectivity index (χ0v) is 15.6. The number of rotatable bonds is 4. The average Bonchev–Trinajstić information content (AvgIpc) is 2.71. The predicted octanol–water partition coefficient (Wildman–Crippen LogP) is 4.85. The highest BCUT2D eigenvalue weighted by molar-refractivity contribution is 5.86. The van der Waals surface area contributed by atoms with Crippen LogP contribution in [0.5, 0.6) is 11.5 Å². The van der Waals surface area contributed by atoms with Crippen LogP contribution >= 0.6 is 0 Å². The molecule has 3 aromatic rings. The topological polar surface area (TPSA) is 30.5 Å². The SMILES string of the molecule is COc1cc2c(cc1OC)[C@@H](C(C)c1cccc3ccccc13)NCC2. The lowest BCUT2D eigenvalue weighted by Crippen LogP contribution is -2.33. The fourth-order valence-corrected chi connectivity index (χ4v) is 4.19. The van der Waals surface area contributed by atoms with E-state index in [1.807, 2.05) is 0 Å². The summed E-state index contributed by atoms with van der Waals surface area (Å²) in [6.07, 6.45) is 1.01. The van der Waals surface area contributed by atoms with Crippen LogP contribution in [0.2, 0.25) is 0 Å². The lowest BCUT2D eigenvalue weighted by molar-refractivity contribution is 0.351. The lowest BCUT2D eigenvalue weighted by Gasteiger charge is -2.33. The Kier molecular flexibility index (Phi) is 4.56. The van der Waals surface area contributed by atoms with Gasteiger partial charge in [-0.15, -0.1) is 0 Å². The summed E-state index contributed by atoms with van der Waals surface area (Å²) in [5, 5.41) is 6.35. The molecule has 1 unspecified atom stereocenters. The van der Waals surface area contributed by atoms with Crippen LogP contribution in [0.3, 0.4) is 0 Å². The summed E-state index contributed by atoms with van der Waals surface area (Å²) < 4.78 is 11.0. The first-order chi connectivity index (χ1) is 12.7. The first-order valence-corrected chi connectivity index (χ1v) is 9.18. The molecule has 1 aliphatic rings. The third-order valence-electron chi connectivity index (χ3n) is 5.55. The highest BCUT2D eigenvalue weighted by Crippen LogP contribution is 2.41. The molecule has 0 bridgehead atoms. The molecule has 26 heavy (non-hydrogen) atoms. The minimum atomic E-state index is 0.254. The van der Waals surface area contributed by atoms with Crippen molar-refractivity contribution >= 4 is 10.8 Å². The molecular weight excluding hydrogens is 322 g/mol. The van der Waals surface area contributed by atoms with E-state index >= 15 is 0 Å². The monoisotopic (exact) mass is 347 g/mol. The van der Waals surface area contributed by atoms with Gasteiger partial charge in [-0.2, -0.15) is 0 Å². The van der Waals surface area contributed by atoms with Crippen LogP contribution in [0.15, 0.2) is 54.6 Å². The quantitative estimate of drug-likeness (QED) is 0.732. The Morgan fingerprint density at radius 2 is 1.69 bits per heavy atom. The number of nitrogens with one attached hydrogen (secondary N) is 1. The van der Waals surface area contributed by atoms with Crippen LogP contribution in [0.25, 0.3) is 10.8 Å². The molecule has 1 N–H and O–H groups in total. The van der Waals surface area contributed by atoms with Crippen molar-refractivity contribution in [1.29, 1.82) is 0 Å².